The fourth-order valence-corrected chi connectivity index (χ4v) is 4.16. The minimum atomic E-state index is -1.01. The van der Waals surface area contributed by atoms with Crippen molar-refractivity contribution < 1.29 is 19.1 Å². The summed E-state index contributed by atoms with van der Waals surface area (Å²) in [5, 5.41) is 15.3. The Bertz CT molecular complexity index is 894. The number of carbonyl (C=O) groups excluding carboxylic acids is 3. The summed E-state index contributed by atoms with van der Waals surface area (Å²) in [6.45, 7) is 10.7. The van der Waals surface area contributed by atoms with E-state index in [2.05, 4.69) is 10.6 Å². The molecule has 8 nitrogen and oxygen atoms in total. The standard InChI is InChI=1S/C26H40N4O4S/c1-8-11-19(3)28-23(31)22(20-13-10-9-12-18(20)2)30(16-15-27)24(32)21(14-17-35-7)29-25(33)34-26(4,5)6/h9-10,12-13,19,21-22H,8,11,14,16-17H2,1-7H3,(H,28,31)(H,29,33). The van der Waals surface area contributed by atoms with Gasteiger partial charge >= 0.3 is 6.09 Å². The van der Waals surface area contributed by atoms with E-state index in [1.54, 1.807) is 32.9 Å². The molecule has 0 saturated heterocycles. The average Bonchev–Trinajstić information content (AvgIpc) is 2.75. The van der Waals surface area contributed by atoms with Crippen molar-refractivity contribution in [2.45, 2.75) is 84.5 Å². The minimum absolute atomic E-state index is 0.0924. The van der Waals surface area contributed by atoms with Crippen molar-refractivity contribution in [3.05, 3.63) is 35.4 Å². The maximum atomic E-state index is 13.8. The van der Waals surface area contributed by atoms with Crippen molar-refractivity contribution in [1.29, 1.82) is 5.26 Å². The smallest absolute Gasteiger partial charge is 0.408 e. The zero-order valence-electron chi connectivity index (χ0n) is 22.0. The van der Waals surface area contributed by atoms with Gasteiger partial charge in [-0.1, -0.05) is 37.6 Å². The molecule has 194 valence electrons. The highest BCUT2D eigenvalue weighted by atomic mass is 32.2. The van der Waals surface area contributed by atoms with Crippen molar-refractivity contribution in [2.75, 3.05) is 18.6 Å². The van der Waals surface area contributed by atoms with Gasteiger partial charge in [-0.2, -0.15) is 17.0 Å². The summed E-state index contributed by atoms with van der Waals surface area (Å²) < 4.78 is 5.36. The Hall–Kier alpha value is -2.73. The van der Waals surface area contributed by atoms with Gasteiger partial charge in [0.15, 0.2) is 0 Å². The highest BCUT2D eigenvalue weighted by Gasteiger charge is 2.37. The normalized spacial score (nSPS) is 13.7. The minimum Gasteiger partial charge on any atom is -0.444 e. The third-order valence-corrected chi connectivity index (χ3v) is 5.92. The molecular formula is C26H40N4O4S. The van der Waals surface area contributed by atoms with Crippen LogP contribution in [0.5, 0.6) is 0 Å². The van der Waals surface area contributed by atoms with E-state index in [1.807, 2.05) is 45.2 Å². The number of aryl methyl sites for hydroxylation is 1. The van der Waals surface area contributed by atoms with E-state index in [0.717, 1.165) is 18.4 Å². The van der Waals surface area contributed by atoms with Crippen molar-refractivity contribution in [1.82, 2.24) is 15.5 Å². The number of ether oxygens (including phenoxy) is 1. The van der Waals surface area contributed by atoms with Crippen molar-refractivity contribution in [3.63, 3.8) is 0 Å². The highest BCUT2D eigenvalue weighted by Crippen LogP contribution is 2.26. The van der Waals surface area contributed by atoms with Crippen LogP contribution in [0.4, 0.5) is 4.79 Å². The number of thioether (sulfide) groups is 1. The third-order valence-electron chi connectivity index (χ3n) is 5.28. The first-order valence-corrected chi connectivity index (χ1v) is 13.4. The molecule has 9 heteroatoms. The molecule has 1 aromatic rings. The van der Waals surface area contributed by atoms with Crippen molar-refractivity contribution in [2.24, 2.45) is 0 Å². The summed E-state index contributed by atoms with van der Waals surface area (Å²) in [6, 6.07) is 7.29. The second-order valence-corrected chi connectivity index (χ2v) is 10.5. The van der Waals surface area contributed by atoms with Crippen LogP contribution in [0.2, 0.25) is 0 Å². The Morgan fingerprint density at radius 3 is 2.37 bits per heavy atom. The van der Waals surface area contributed by atoms with Crippen molar-refractivity contribution >= 4 is 29.7 Å². The summed E-state index contributed by atoms with van der Waals surface area (Å²) in [7, 11) is 0. The molecule has 3 amide bonds. The second kappa shape index (κ2) is 14.6. The number of carbonyl (C=O) groups is 3. The Kier molecular flexibility index (Phi) is 12.7. The van der Waals surface area contributed by atoms with Gasteiger partial charge in [0.1, 0.15) is 24.2 Å². The highest BCUT2D eigenvalue weighted by molar-refractivity contribution is 7.98. The van der Waals surface area contributed by atoms with Crippen LogP contribution in [0.1, 0.15) is 71.0 Å². The maximum absolute atomic E-state index is 13.8. The molecule has 2 N–H and O–H groups in total. The molecular weight excluding hydrogens is 464 g/mol. The zero-order chi connectivity index (χ0) is 26.6. The predicted octanol–water partition coefficient (Wildman–Crippen LogP) is 4.34. The van der Waals surface area contributed by atoms with Crippen LogP contribution in [0, 0.1) is 18.3 Å². The fraction of sp³-hybridized carbons (Fsp3) is 0.615. The molecule has 0 radical (unpaired) electrons. The number of hydrogen-bond donors (Lipinski definition) is 2. The number of alkyl carbamates (subject to hydrolysis) is 1. The van der Waals surface area contributed by atoms with E-state index < -0.39 is 29.7 Å². The Balaban J connectivity index is 3.42. The van der Waals surface area contributed by atoms with E-state index in [1.165, 1.54) is 16.7 Å². The van der Waals surface area contributed by atoms with E-state index in [4.69, 9.17) is 4.74 Å². The first-order chi connectivity index (χ1) is 16.4. The molecule has 0 fully saturated rings. The number of hydrogen-bond acceptors (Lipinski definition) is 6. The summed E-state index contributed by atoms with van der Waals surface area (Å²) in [6.07, 6.45) is 3.20. The number of nitrogens with zero attached hydrogens (tertiary/aromatic N) is 2. The van der Waals surface area contributed by atoms with E-state index in [0.29, 0.717) is 17.7 Å². The van der Waals surface area contributed by atoms with Gasteiger partial charge in [-0.25, -0.2) is 4.79 Å². The maximum Gasteiger partial charge on any atom is 0.408 e. The van der Waals surface area contributed by atoms with Crippen LogP contribution in [0.25, 0.3) is 0 Å². The average molecular weight is 505 g/mol. The number of rotatable bonds is 12. The van der Waals surface area contributed by atoms with Crippen LogP contribution in [-0.4, -0.2) is 59.0 Å². The Morgan fingerprint density at radius 1 is 1.17 bits per heavy atom. The molecule has 1 aromatic carbocycles. The molecule has 3 unspecified atom stereocenters. The molecule has 0 aliphatic rings. The largest absolute Gasteiger partial charge is 0.444 e. The first kappa shape index (κ1) is 30.3. The van der Waals surface area contributed by atoms with Crippen LogP contribution >= 0.6 is 11.8 Å². The molecule has 0 aliphatic heterocycles. The number of amides is 3. The van der Waals surface area contributed by atoms with Gasteiger partial charge in [-0.3, -0.25) is 9.59 Å². The van der Waals surface area contributed by atoms with E-state index >= 15 is 0 Å². The summed E-state index contributed by atoms with van der Waals surface area (Å²) in [5.74, 6) is -0.260. The Morgan fingerprint density at radius 2 is 1.83 bits per heavy atom. The van der Waals surface area contributed by atoms with Gasteiger partial charge in [-0.05, 0) is 70.6 Å². The molecule has 0 bridgehead atoms. The first-order valence-electron chi connectivity index (χ1n) is 12.0. The van der Waals surface area contributed by atoms with Crippen molar-refractivity contribution in [3.8, 4) is 6.07 Å². The summed E-state index contributed by atoms with van der Waals surface area (Å²) >= 11 is 1.53. The number of nitriles is 1. The predicted molar refractivity (Wildman–Crippen MR) is 140 cm³/mol. The quantitative estimate of drug-likeness (QED) is 0.410. The zero-order valence-corrected chi connectivity index (χ0v) is 22.8. The lowest BCUT2D eigenvalue weighted by atomic mass is 9.97. The topological polar surface area (TPSA) is 112 Å². The molecule has 3 atom stereocenters. The lowest BCUT2D eigenvalue weighted by Crippen LogP contribution is -2.54. The lowest BCUT2D eigenvalue weighted by Gasteiger charge is -2.34. The van der Waals surface area contributed by atoms with Gasteiger partial charge in [0.2, 0.25) is 11.8 Å². The lowest BCUT2D eigenvalue weighted by molar-refractivity contribution is -0.142. The van der Waals surface area contributed by atoms with E-state index in [9.17, 15) is 19.6 Å². The summed E-state index contributed by atoms with van der Waals surface area (Å²) in [5.41, 5.74) is 0.730. The molecule has 0 saturated carbocycles. The van der Waals surface area contributed by atoms with Crippen LogP contribution < -0.4 is 10.6 Å². The molecule has 1 rings (SSSR count). The van der Waals surface area contributed by atoms with Gasteiger partial charge in [0.05, 0.1) is 6.07 Å². The summed E-state index contributed by atoms with van der Waals surface area (Å²) in [4.78, 5) is 41.1. The monoisotopic (exact) mass is 504 g/mol. The number of nitrogens with one attached hydrogen (secondary N) is 2. The third kappa shape index (κ3) is 10.2. The molecule has 35 heavy (non-hydrogen) atoms. The van der Waals surface area contributed by atoms with Crippen LogP contribution in [0.15, 0.2) is 24.3 Å². The van der Waals surface area contributed by atoms with Gasteiger partial charge in [-0.15, -0.1) is 0 Å². The Labute approximate surface area is 214 Å². The molecule has 0 aromatic heterocycles. The van der Waals surface area contributed by atoms with Crippen LogP contribution in [-0.2, 0) is 14.3 Å². The van der Waals surface area contributed by atoms with Gasteiger partial charge in [0, 0.05) is 6.04 Å². The molecule has 0 heterocycles. The second-order valence-electron chi connectivity index (χ2n) is 9.56. The molecule has 0 aliphatic carbocycles. The van der Waals surface area contributed by atoms with E-state index in [-0.39, 0.29) is 18.5 Å². The fourth-order valence-electron chi connectivity index (χ4n) is 3.69. The van der Waals surface area contributed by atoms with Gasteiger partial charge in [0.25, 0.3) is 0 Å². The SMILES string of the molecule is CCCC(C)NC(=O)C(c1ccccc1C)N(CC#N)C(=O)C(CCSC)NC(=O)OC(C)(C)C. The van der Waals surface area contributed by atoms with Crippen LogP contribution in [0.3, 0.4) is 0 Å². The van der Waals surface area contributed by atoms with Gasteiger partial charge < -0.3 is 20.3 Å². The number of benzene rings is 1. The molecule has 0 spiro atoms.